The monoisotopic (exact) mass is 350 g/mol. The molecule has 0 aliphatic heterocycles. The van der Waals surface area contributed by atoms with Crippen LogP contribution in [0.1, 0.15) is 35.7 Å². The number of hydrogen-bond acceptors (Lipinski definition) is 3. The van der Waals surface area contributed by atoms with Crippen LogP contribution in [0.4, 0.5) is 5.69 Å². The summed E-state index contributed by atoms with van der Waals surface area (Å²) in [6.45, 7) is 4.48. The normalized spacial score (nSPS) is 10.9. The first-order valence-electron chi connectivity index (χ1n) is 8.55. The molecule has 0 aliphatic rings. The molecule has 26 heavy (non-hydrogen) atoms. The van der Waals surface area contributed by atoms with Crippen LogP contribution in [0.3, 0.4) is 0 Å². The molecule has 134 valence electrons. The van der Waals surface area contributed by atoms with Crippen LogP contribution in [0, 0.1) is 0 Å². The van der Waals surface area contributed by atoms with E-state index >= 15 is 0 Å². The van der Waals surface area contributed by atoms with Crippen LogP contribution in [0.15, 0.2) is 54.7 Å². The molecule has 0 radical (unpaired) electrons. The summed E-state index contributed by atoms with van der Waals surface area (Å²) < 4.78 is 6.66. The molecule has 0 aliphatic carbocycles. The van der Waals surface area contributed by atoms with E-state index in [1.54, 1.807) is 24.3 Å². The Morgan fingerprint density at radius 1 is 1.12 bits per heavy atom. The standard InChI is InChI=1S/C21H22N2O3/c1-14(2)15-8-9-19-16(12-15)10-11-23(19)13-20(24)22-18-7-5-4-6-17(18)21(25)26-3/h4-12,14H,13H2,1-3H3,(H,22,24). The molecule has 1 N–H and O–H groups in total. The van der Waals surface area contributed by atoms with E-state index in [-0.39, 0.29) is 12.5 Å². The lowest BCUT2D eigenvalue weighted by atomic mass is 10.0. The van der Waals surface area contributed by atoms with Crippen molar-refractivity contribution in [2.75, 3.05) is 12.4 Å². The molecular weight excluding hydrogens is 328 g/mol. The van der Waals surface area contributed by atoms with Gasteiger partial charge in [0.05, 0.1) is 18.4 Å². The highest BCUT2D eigenvalue weighted by atomic mass is 16.5. The number of benzene rings is 2. The van der Waals surface area contributed by atoms with Gasteiger partial charge in [-0.1, -0.05) is 32.0 Å². The number of aromatic nitrogens is 1. The summed E-state index contributed by atoms with van der Waals surface area (Å²) in [5.41, 5.74) is 3.06. The van der Waals surface area contributed by atoms with Gasteiger partial charge in [-0.2, -0.15) is 0 Å². The van der Waals surface area contributed by atoms with Crippen LogP contribution in [0.5, 0.6) is 0 Å². The number of carbonyl (C=O) groups excluding carboxylic acids is 2. The van der Waals surface area contributed by atoms with Crippen molar-refractivity contribution >= 4 is 28.5 Å². The summed E-state index contributed by atoms with van der Waals surface area (Å²) >= 11 is 0. The second kappa shape index (κ2) is 7.44. The molecule has 3 aromatic rings. The molecule has 1 heterocycles. The highest BCUT2D eigenvalue weighted by Crippen LogP contribution is 2.23. The first kappa shape index (κ1) is 17.7. The van der Waals surface area contributed by atoms with Gasteiger partial charge in [0.25, 0.3) is 0 Å². The van der Waals surface area contributed by atoms with Gasteiger partial charge in [-0.05, 0) is 47.2 Å². The molecule has 0 saturated carbocycles. The quantitative estimate of drug-likeness (QED) is 0.702. The fourth-order valence-electron chi connectivity index (χ4n) is 2.94. The first-order valence-corrected chi connectivity index (χ1v) is 8.55. The number of para-hydroxylation sites is 1. The zero-order valence-corrected chi connectivity index (χ0v) is 15.2. The Bertz CT molecular complexity index is 957. The SMILES string of the molecule is COC(=O)c1ccccc1NC(=O)Cn1ccc2cc(C(C)C)ccc21. The average molecular weight is 350 g/mol. The number of hydrogen-bond donors (Lipinski definition) is 1. The Morgan fingerprint density at radius 3 is 2.62 bits per heavy atom. The van der Waals surface area contributed by atoms with Crippen molar-refractivity contribution in [3.8, 4) is 0 Å². The number of nitrogens with zero attached hydrogens (tertiary/aromatic N) is 1. The Morgan fingerprint density at radius 2 is 1.88 bits per heavy atom. The third-order valence-corrected chi connectivity index (χ3v) is 4.38. The van der Waals surface area contributed by atoms with E-state index in [0.29, 0.717) is 17.2 Å². The van der Waals surface area contributed by atoms with Crippen molar-refractivity contribution in [2.45, 2.75) is 26.3 Å². The molecule has 5 nitrogen and oxygen atoms in total. The van der Waals surface area contributed by atoms with Crippen molar-refractivity contribution in [1.82, 2.24) is 4.57 Å². The molecule has 3 rings (SSSR count). The Balaban J connectivity index is 1.79. The number of rotatable bonds is 5. The molecule has 0 spiro atoms. The van der Waals surface area contributed by atoms with Gasteiger partial charge in [0, 0.05) is 11.7 Å². The van der Waals surface area contributed by atoms with Gasteiger partial charge in [-0.25, -0.2) is 4.79 Å². The molecule has 0 atom stereocenters. The van der Waals surface area contributed by atoms with Gasteiger partial charge in [-0.15, -0.1) is 0 Å². The maximum absolute atomic E-state index is 12.5. The number of amides is 1. The lowest BCUT2D eigenvalue weighted by Gasteiger charge is -2.11. The highest BCUT2D eigenvalue weighted by Gasteiger charge is 2.14. The largest absolute Gasteiger partial charge is 0.465 e. The lowest BCUT2D eigenvalue weighted by molar-refractivity contribution is -0.116. The fourth-order valence-corrected chi connectivity index (χ4v) is 2.94. The van der Waals surface area contributed by atoms with E-state index in [9.17, 15) is 9.59 Å². The van der Waals surface area contributed by atoms with E-state index < -0.39 is 5.97 Å². The predicted octanol–water partition coefficient (Wildman–Crippen LogP) is 4.19. The zero-order chi connectivity index (χ0) is 18.7. The maximum Gasteiger partial charge on any atom is 0.339 e. The molecule has 5 heteroatoms. The Hall–Kier alpha value is -3.08. The summed E-state index contributed by atoms with van der Waals surface area (Å²) in [7, 11) is 1.32. The molecular formula is C21H22N2O3. The van der Waals surface area contributed by atoms with Crippen LogP contribution in [-0.4, -0.2) is 23.6 Å². The van der Waals surface area contributed by atoms with Gasteiger partial charge in [-0.3, -0.25) is 4.79 Å². The van der Waals surface area contributed by atoms with Crippen molar-refractivity contribution in [3.63, 3.8) is 0 Å². The second-order valence-electron chi connectivity index (χ2n) is 6.50. The highest BCUT2D eigenvalue weighted by molar-refractivity contribution is 6.01. The topological polar surface area (TPSA) is 60.3 Å². The fraction of sp³-hybridized carbons (Fsp3) is 0.238. The van der Waals surface area contributed by atoms with Crippen molar-refractivity contribution in [1.29, 1.82) is 0 Å². The molecule has 0 fully saturated rings. The minimum atomic E-state index is -0.478. The number of methoxy groups -OCH3 is 1. The molecule has 0 bridgehead atoms. The number of anilines is 1. The van der Waals surface area contributed by atoms with Crippen LogP contribution in [0.25, 0.3) is 10.9 Å². The Kier molecular flexibility index (Phi) is 5.07. The number of ether oxygens (including phenoxy) is 1. The average Bonchev–Trinajstić information content (AvgIpc) is 3.03. The van der Waals surface area contributed by atoms with E-state index in [1.165, 1.54) is 12.7 Å². The van der Waals surface area contributed by atoms with Gasteiger partial charge < -0.3 is 14.6 Å². The smallest absolute Gasteiger partial charge is 0.339 e. The minimum Gasteiger partial charge on any atom is -0.465 e. The van der Waals surface area contributed by atoms with Crippen LogP contribution >= 0.6 is 0 Å². The zero-order valence-electron chi connectivity index (χ0n) is 15.2. The molecule has 0 unspecified atom stereocenters. The molecule has 2 aromatic carbocycles. The van der Waals surface area contributed by atoms with Gasteiger partial charge in [0.15, 0.2) is 0 Å². The molecule has 1 aromatic heterocycles. The summed E-state index contributed by atoms with van der Waals surface area (Å²) in [6.07, 6.45) is 1.90. The van der Waals surface area contributed by atoms with Crippen molar-refractivity contribution < 1.29 is 14.3 Å². The third-order valence-electron chi connectivity index (χ3n) is 4.38. The van der Waals surface area contributed by atoms with E-state index in [4.69, 9.17) is 4.74 Å². The number of nitrogens with one attached hydrogen (secondary N) is 1. The Labute approximate surface area is 152 Å². The van der Waals surface area contributed by atoms with E-state index in [2.05, 4.69) is 31.3 Å². The van der Waals surface area contributed by atoms with Gasteiger partial charge in [0.1, 0.15) is 6.54 Å². The second-order valence-corrected chi connectivity index (χ2v) is 6.50. The van der Waals surface area contributed by atoms with Crippen molar-refractivity contribution in [3.05, 3.63) is 65.9 Å². The van der Waals surface area contributed by atoms with Gasteiger partial charge >= 0.3 is 5.97 Å². The number of esters is 1. The van der Waals surface area contributed by atoms with Crippen molar-refractivity contribution in [2.24, 2.45) is 0 Å². The summed E-state index contributed by atoms with van der Waals surface area (Å²) in [5, 5.41) is 3.91. The lowest BCUT2D eigenvalue weighted by Crippen LogP contribution is -2.20. The third kappa shape index (κ3) is 3.61. The number of carbonyl (C=O) groups is 2. The van der Waals surface area contributed by atoms with E-state index in [0.717, 1.165) is 10.9 Å². The summed E-state index contributed by atoms with van der Waals surface area (Å²) in [6, 6.07) is 15.1. The predicted molar refractivity (Wildman–Crippen MR) is 102 cm³/mol. The number of fused-ring (bicyclic) bond motifs is 1. The maximum atomic E-state index is 12.5. The first-order chi connectivity index (χ1) is 12.5. The molecule has 1 amide bonds. The summed E-state index contributed by atoms with van der Waals surface area (Å²) in [4.78, 5) is 24.3. The summed E-state index contributed by atoms with van der Waals surface area (Å²) in [5.74, 6) is -0.221. The van der Waals surface area contributed by atoms with E-state index in [1.807, 2.05) is 22.9 Å². The minimum absolute atomic E-state index is 0.167. The van der Waals surface area contributed by atoms with Crippen LogP contribution in [0.2, 0.25) is 0 Å². The van der Waals surface area contributed by atoms with Gasteiger partial charge in [0.2, 0.25) is 5.91 Å². The molecule has 0 saturated heterocycles. The van der Waals surface area contributed by atoms with Crippen LogP contribution in [-0.2, 0) is 16.1 Å². The van der Waals surface area contributed by atoms with Crippen LogP contribution < -0.4 is 5.32 Å².